The summed E-state index contributed by atoms with van der Waals surface area (Å²) in [5.74, 6) is -0.222. The zero-order chi connectivity index (χ0) is 16.6. The molecule has 21 heavy (non-hydrogen) atoms. The first-order valence-corrected chi connectivity index (χ1v) is 8.27. The molecule has 0 saturated carbocycles. The molecule has 0 aromatic carbocycles. The molecule has 3 nitrogen and oxygen atoms in total. The van der Waals surface area contributed by atoms with Gasteiger partial charge in [-0.3, -0.25) is 9.59 Å². The summed E-state index contributed by atoms with van der Waals surface area (Å²) in [7, 11) is 0. The number of hydrogen-bond donors (Lipinski definition) is 0. The summed E-state index contributed by atoms with van der Waals surface area (Å²) >= 11 is 0. The van der Waals surface area contributed by atoms with E-state index in [4.69, 9.17) is 0 Å². The van der Waals surface area contributed by atoms with E-state index in [1.165, 1.54) is 19.8 Å². The molecule has 3 heteroatoms. The zero-order valence-electron chi connectivity index (χ0n) is 15.0. The van der Waals surface area contributed by atoms with E-state index in [1.54, 1.807) is 4.90 Å². The van der Waals surface area contributed by atoms with Crippen LogP contribution in [0.4, 0.5) is 0 Å². The Balaban J connectivity index is 5.18. The van der Waals surface area contributed by atoms with Crippen LogP contribution in [0.3, 0.4) is 0 Å². The van der Waals surface area contributed by atoms with Gasteiger partial charge in [0.2, 0.25) is 0 Å². The summed E-state index contributed by atoms with van der Waals surface area (Å²) in [5.41, 5.74) is 1.34. The highest BCUT2D eigenvalue weighted by atomic mass is 16.2. The highest BCUT2D eigenvalue weighted by molar-refractivity contribution is 6.19. The van der Waals surface area contributed by atoms with Crippen LogP contribution in [0.2, 0.25) is 0 Å². The van der Waals surface area contributed by atoms with E-state index in [-0.39, 0.29) is 23.8 Å². The smallest absolute Gasteiger partial charge is 0.257 e. The number of carbonyl (C=O) groups is 2. The Kier molecular flexibility index (Phi) is 9.23. The van der Waals surface area contributed by atoms with Crippen LogP contribution in [0.25, 0.3) is 0 Å². The monoisotopic (exact) mass is 295 g/mol. The standard InChI is InChI=1S/C18H33NO2/c1-8-9-10-11-12-15(6)17(16(7)20)18(21)19(13(2)3)14(4)5/h13-14H,8-12H2,1-7H3. The minimum atomic E-state index is -0.112. The van der Waals surface area contributed by atoms with Gasteiger partial charge in [-0.1, -0.05) is 31.8 Å². The topological polar surface area (TPSA) is 37.4 Å². The molecule has 0 unspecified atom stereocenters. The highest BCUT2D eigenvalue weighted by Crippen LogP contribution is 2.19. The Hall–Kier alpha value is -1.12. The maximum atomic E-state index is 12.7. The van der Waals surface area contributed by atoms with Gasteiger partial charge in [0.15, 0.2) is 5.78 Å². The average Bonchev–Trinajstić information content (AvgIpc) is 2.33. The highest BCUT2D eigenvalue weighted by Gasteiger charge is 2.27. The maximum absolute atomic E-state index is 12.7. The average molecular weight is 295 g/mol. The van der Waals surface area contributed by atoms with Gasteiger partial charge in [0, 0.05) is 12.1 Å². The molecule has 0 aliphatic heterocycles. The van der Waals surface area contributed by atoms with Crippen LogP contribution in [0.1, 0.15) is 80.6 Å². The summed E-state index contributed by atoms with van der Waals surface area (Å²) in [6.45, 7) is 13.6. The molecule has 1 amide bonds. The molecular weight excluding hydrogens is 262 g/mol. The van der Waals surface area contributed by atoms with Crippen molar-refractivity contribution >= 4 is 11.7 Å². The summed E-state index contributed by atoms with van der Waals surface area (Å²) in [5, 5.41) is 0. The second-order valence-corrected chi connectivity index (χ2v) is 6.42. The molecule has 0 radical (unpaired) electrons. The van der Waals surface area contributed by atoms with Gasteiger partial charge in [0.05, 0.1) is 5.57 Å². The van der Waals surface area contributed by atoms with Gasteiger partial charge in [0.25, 0.3) is 5.91 Å². The molecule has 0 aromatic heterocycles. The lowest BCUT2D eigenvalue weighted by molar-refractivity contribution is -0.132. The van der Waals surface area contributed by atoms with Crippen molar-refractivity contribution in [2.75, 3.05) is 0 Å². The van der Waals surface area contributed by atoms with Gasteiger partial charge < -0.3 is 4.90 Å². The van der Waals surface area contributed by atoms with E-state index in [0.717, 1.165) is 24.8 Å². The van der Waals surface area contributed by atoms with Gasteiger partial charge in [-0.25, -0.2) is 0 Å². The first-order valence-electron chi connectivity index (χ1n) is 8.27. The summed E-state index contributed by atoms with van der Waals surface area (Å²) in [4.78, 5) is 26.5. The fourth-order valence-corrected chi connectivity index (χ4v) is 2.77. The minimum Gasteiger partial charge on any atom is -0.334 e. The van der Waals surface area contributed by atoms with Crippen molar-refractivity contribution in [1.82, 2.24) is 4.90 Å². The molecule has 0 aliphatic rings. The second-order valence-electron chi connectivity index (χ2n) is 6.42. The van der Waals surface area contributed by atoms with Crippen molar-refractivity contribution in [3.63, 3.8) is 0 Å². The minimum absolute atomic E-state index is 0.0970. The lowest BCUT2D eigenvalue weighted by Gasteiger charge is -2.31. The lowest BCUT2D eigenvalue weighted by atomic mass is 9.98. The van der Waals surface area contributed by atoms with Crippen molar-refractivity contribution in [1.29, 1.82) is 0 Å². The van der Waals surface area contributed by atoms with E-state index in [0.29, 0.717) is 5.57 Å². The van der Waals surface area contributed by atoms with Gasteiger partial charge in [-0.2, -0.15) is 0 Å². The predicted molar refractivity (Wildman–Crippen MR) is 89.3 cm³/mol. The molecule has 0 atom stereocenters. The van der Waals surface area contributed by atoms with Crippen molar-refractivity contribution in [2.24, 2.45) is 0 Å². The van der Waals surface area contributed by atoms with Crippen molar-refractivity contribution < 1.29 is 9.59 Å². The molecule has 0 rings (SSSR count). The van der Waals surface area contributed by atoms with E-state index in [1.807, 2.05) is 34.6 Å². The number of nitrogens with zero attached hydrogens (tertiary/aromatic N) is 1. The van der Waals surface area contributed by atoms with Crippen molar-refractivity contribution in [3.8, 4) is 0 Å². The summed E-state index contributed by atoms with van der Waals surface area (Å²) in [6, 6.07) is 0.194. The number of carbonyl (C=O) groups excluding carboxylic acids is 2. The van der Waals surface area contributed by atoms with E-state index >= 15 is 0 Å². The van der Waals surface area contributed by atoms with Crippen LogP contribution < -0.4 is 0 Å². The SMILES string of the molecule is CCCCCCC(C)=C(C(C)=O)C(=O)N(C(C)C)C(C)C. The van der Waals surface area contributed by atoms with Gasteiger partial charge >= 0.3 is 0 Å². The number of allylic oxidation sites excluding steroid dienone is 1. The number of amides is 1. The van der Waals surface area contributed by atoms with Crippen LogP contribution in [-0.2, 0) is 9.59 Å². The molecule has 0 aliphatic carbocycles. The van der Waals surface area contributed by atoms with Crippen molar-refractivity contribution in [3.05, 3.63) is 11.1 Å². The quantitative estimate of drug-likeness (QED) is 0.272. The molecule has 0 aromatic rings. The number of hydrogen-bond acceptors (Lipinski definition) is 2. The Labute approximate surface area is 130 Å². The largest absolute Gasteiger partial charge is 0.334 e. The maximum Gasteiger partial charge on any atom is 0.257 e. The number of ketones is 1. The third-order valence-electron chi connectivity index (χ3n) is 3.75. The van der Waals surface area contributed by atoms with Crippen LogP contribution in [0, 0.1) is 0 Å². The fourth-order valence-electron chi connectivity index (χ4n) is 2.77. The van der Waals surface area contributed by atoms with Gasteiger partial charge in [-0.05, 0) is 54.4 Å². The van der Waals surface area contributed by atoms with Gasteiger partial charge in [-0.15, -0.1) is 0 Å². The fraction of sp³-hybridized carbons (Fsp3) is 0.778. The molecule has 122 valence electrons. The lowest BCUT2D eigenvalue weighted by Crippen LogP contribution is -2.44. The molecule has 0 fully saturated rings. The van der Waals surface area contributed by atoms with Crippen LogP contribution in [0.5, 0.6) is 0 Å². The van der Waals surface area contributed by atoms with Crippen LogP contribution in [-0.4, -0.2) is 28.7 Å². The first kappa shape index (κ1) is 19.9. The third-order valence-corrected chi connectivity index (χ3v) is 3.75. The first-order chi connectivity index (χ1) is 9.73. The second kappa shape index (κ2) is 9.75. The normalized spacial score (nSPS) is 12.6. The van der Waals surface area contributed by atoms with Crippen LogP contribution in [0.15, 0.2) is 11.1 Å². The van der Waals surface area contributed by atoms with Gasteiger partial charge in [0.1, 0.15) is 0 Å². The Morgan fingerprint density at radius 2 is 1.43 bits per heavy atom. The van der Waals surface area contributed by atoms with E-state index < -0.39 is 0 Å². The Morgan fingerprint density at radius 3 is 1.81 bits per heavy atom. The molecule has 0 saturated heterocycles. The van der Waals surface area contributed by atoms with Crippen molar-refractivity contribution in [2.45, 2.75) is 92.7 Å². The molecular formula is C18H33NO2. The number of Topliss-reactive ketones (excluding diaryl/α,β-unsaturated/α-hetero) is 1. The van der Waals surface area contributed by atoms with Crippen LogP contribution >= 0.6 is 0 Å². The third kappa shape index (κ3) is 6.45. The summed E-state index contributed by atoms with van der Waals surface area (Å²) < 4.78 is 0. The van der Waals surface area contributed by atoms with E-state index in [9.17, 15) is 9.59 Å². The molecule has 0 bridgehead atoms. The Morgan fingerprint density at radius 1 is 0.905 bits per heavy atom. The molecule has 0 spiro atoms. The molecule has 0 N–H and O–H groups in total. The number of rotatable bonds is 9. The van der Waals surface area contributed by atoms with E-state index in [2.05, 4.69) is 6.92 Å². The Bertz CT molecular complexity index is 373. The summed E-state index contributed by atoms with van der Waals surface area (Å²) in [6.07, 6.45) is 5.44. The number of unbranched alkanes of at least 4 members (excludes halogenated alkanes) is 3. The predicted octanol–water partition coefficient (Wildman–Crippen LogP) is 4.51. The zero-order valence-corrected chi connectivity index (χ0v) is 15.0. The molecule has 0 heterocycles.